The number of ether oxygens (including phenoxy) is 1. The highest BCUT2D eigenvalue weighted by Crippen LogP contribution is 2.32. The van der Waals surface area contributed by atoms with Gasteiger partial charge >= 0.3 is 0 Å². The van der Waals surface area contributed by atoms with Gasteiger partial charge in [0.2, 0.25) is 0 Å². The molecule has 1 N–H and O–H groups in total. The summed E-state index contributed by atoms with van der Waals surface area (Å²) >= 11 is 3.18. The number of carbonyl (C=O) groups excluding carboxylic acids is 1. The largest absolute Gasteiger partial charge is 0.459 e. The summed E-state index contributed by atoms with van der Waals surface area (Å²) in [5.74, 6) is 1.64. The molecule has 2 fully saturated rings. The third-order valence-electron chi connectivity index (χ3n) is 2.76. The third-order valence-corrected chi connectivity index (χ3v) is 4.76. The van der Waals surface area contributed by atoms with Crippen molar-refractivity contribution in [3.05, 3.63) is 22.4 Å². The number of hydrogen-bond donors (Lipinski definition) is 1. The molecule has 6 heteroatoms. The number of amides is 1. The van der Waals surface area contributed by atoms with Crippen LogP contribution >= 0.6 is 23.1 Å². The van der Waals surface area contributed by atoms with Crippen molar-refractivity contribution in [1.82, 2.24) is 4.90 Å². The van der Waals surface area contributed by atoms with Crippen LogP contribution in [0.5, 0.6) is 0 Å². The Kier molecular flexibility index (Phi) is 2.40. The predicted octanol–water partition coefficient (Wildman–Crippen LogP) is 1.64. The van der Waals surface area contributed by atoms with E-state index in [1.165, 1.54) is 16.2 Å². The van der Waals surface area contributed by atoms with E-state index in [1.54, 1.807) is 17.8 Å². The second kappa shape index (κ2) is 3.78. The lowest BCUT2D eigenvalue weighted by Crippen LogP contribution is -2.40. The fourth-order valence-electron chi connectivity index (χ4n) is 1.99. The first kappa shape index (κ1) is 10.2. The summed E-state index contributed by atoms with van der Waals surface area (Å²) in [4.78, 5) is 14.3. The molecule has 0 unspecified atom stereocenters. The standard InChI is InChI=1S/C10H10N2O2S2/c11-10-12(6-4-15-5-7(6)14-10)9(13)8-2-1-3-16-8/h1-3,6-7,11H,4-5H2/t6-,7-/m1/s1. The lowest BCUT2D eigenvalue weighted by atomic mass is 10.2. The van der Waals surface area contributed by atoms with Crippen LogP contribution in [0.1, 0.15) is 9.67 Å². The SMILES string of the molecule is N=C1O[C@@H]2CSC[C@H]2N1C(=O)c1cccs1. The predicted molar refractivity (Wildman–Crippen MR) is 64.2 cm³/mol. The summed E-state index contributed by atoms with van der Waals surface area (Å²) in [6.45, 7) is 0. The van der Waals surface area contributed by atoms with E-state index in [0.29, 0.717) is 4.88 Å². The summed E-state index contributed by atoms with van der Waals surface area (Å²) in [5.41, 5.74) is 0. The van der Waals surface area contributed by atoms with Gasteiger partial charge in [-0.2, -0.15) is 11.8 Å². The summed E-state index contributed by atoms with van der Waals surface area (Å²) in [5, 5.41) is 9.58. The number of fused-ring (bicyclic) bond motifs is 1. The van der Waals surface area contributed by atoms with Crippen molar-refractivity contribution in [2.45, 2.75) is 12.1 Å². The fraction of sp³-hybridized carbons (Fsp3) is 0.400. The highest BCUT2D eigenvalue weighted by Gasteiger charge is 2.46. The van der Waals surface area contributed by atoms with Crippen LogP contribution in [-0.2, 0) is 4.74 Å². The van der Waals surface area contributed by atoms with Crippen molar-refractivity contribution in [3.8, 4) is 0 Å². The van der Waals surface area contributed by atoms with Gasteiger partial charge in [0, 0.05) is 11.5 Å². The zero-order chi connectivity index (χ0) is 11.1. The van der Waals surface area contributed by atoms with Crippen LogP contribution in [0, 0.1) is 5.41 Å². The average Bonchev–Trinajstić information content (AvgIpc) is 2.89. The maximum Gasteiger partial charge on any atom is 0.292 e. The molecular formula is C10H10N2O2S2. The average molecular weight is 254 g/mol. The molecule has 2 atom stereocenters. The minimum absolute atomic E-state index is 0.00806. The lowest BCUT2D eigenvalue weighted by molar-refractivity contribution is 0.0828. The van der Waals surface area contributed by atoms with Gasteiger partial charge < -0.3 is 4.74 Å². The van der Waals surface area contributed by atoms with Gasteiger partial charge in [-0.05, 0) is 11.4 Å². The molecule has 4 nitrogen and oxygen atoms in total. The van der Waals surface area contributed by atoms with Crippen molar-refractivity contribution >= 4 is 35.0 Å². The Balaban J connectivity index is 1.89. The normalized spacial score (nSPS) is 28.0. The molecule has 0 bridgehead atoms. The van der Waals surface area contributed by atoms with E-state index in [-0.39, 0.29) is 24.1 Å². The highest BCUT2D eigenvalue weighted by molar-refractivity contribution is 7.99. The van der Waals surface area contributed by atoms with E-state index in [9.17, 15) is 4.79 Å². The summed E-state index contributed by atoms with van der Waals surface area (Å²) in [6, 6.07) is 3.69. The number of carbonyl (C=O) groups is 1. The molecule has 0 aromatic carbocycles. The number of nitrogens with zero attached hydrogens (tertiary/aromatic N) is 1. The molecule has 3 rings (SSSR count). The van der Waals surface area contributed by atoms with Crippen molar-refractivity contribution in [2.24, 2.45) is 0 Å². The maximum absolute atomic E-state index is 12.2. The number of rotatable bonds is 1. The Morgan fingerprint density at radius 1 is 1.56 bits per heavy atom. The Labute approximate surface area is 101 Å². The van der Waals surface area contributed by atoms with E-state index in [1.807, 2.05) is 11.4 Å². The molecule has 0 aliphatic carbocycles. The van der Waals surface area contributed by atoms with E-state index in [4.69, 9.17) is 10.1 Å². The maximum atomic E-state index is 12.2. The molecule has 1 amide bonds. The van der Waals surface area contributed by atoms with Crippen LogP contribution in [-0.4, -0.2) is 40.5 Å². The van der Waals surface area contributed by atoms with Gasteiger partial charge in [-0.1, -0.05) is 6.07 Å². The molecule has 0 saturated carbocycles. The third kappa shape index (κ3) is 1.44. The highest BCUT2D eigenvalue weighted by atomic mass is 32.2. The number of thiophene rings is 1. The first-order valence-corrected chi connectivity index (χ1v) is 7.01. The van der Waals surface area contributed by atoms with E-state index in [0.717, 1.165) is 11.5 Å². The van der Waals surface area contributed by atoms with Crippen LogP contribution in [0.4, 0.5) is 0 Å². The van der Waals surface area contributed by atoms with Crippen LogP contribution in [0.2, 0.25) is 0 Å². The number of nitrogens with one attached hydrogen (secondary N) is 1. The van der Waals surface area contributed by atoms with Crippen LogP contribution in [0.25, 0.3) is 0 Å². The van der Waals surface area contributed by atoms with Crippen molar-refractivity contribution in [2.75, 3.05) is 11.5 Å². The molecule has 0 radical (unpaired) electrons. The lowest BCUT2D eigenvalue weighted by Gasteiger charge is -2.18. The van der Waals surface area contributed by atoms with Crippen molar-refractivity contribution in [3.63, 3.8) is 0 Å². The monoisotopic (exact) mass is 254 g/mol. The van der Waals surface area contributed by atoms with E-state index in [2.05, 4.69) is 0 Å². The Morgan fingerprint density at radius 3 is 3.19 bits per heavy atom. The second-order valence-electron chi connectivity index (χ2n) is 3.72. The number of thioether (sulfide) groups is 1. The van der Waals surface area contributed by atoms with Gasteiger partial charge in [-0.25, -0.2) is 0 Å². The van der Waals surface area contributed by atoms with Gasteiger partial charge in [0.25, 0.3) is 11.9 Å². The second-order valence-corrected chi connectivity index (χ2v) is 5.74. The quantitative estimate of drug-likeness (QED) is 0.829. The van der Waals surface area contributed by atoms with Crippen LogP contribution in [0.3, 0.4) is 0 Å². The van der Waals surface area contributed by atoms with E-state index >= 15 is 0 Å². The Bertz CT molecular complexity index is 432. The van der Waals surface area contributed by atoms with Crippen molar-refractivity contribution < 1.29 is 9.53 Å². The molecule has 2 saturated heterocycles. The van der Waals surface area contributed by atoms with Gasteiger partial charge in [0.05, 0.1) is 10.9 Å². The Morgan fingerprint density at radius 2 is 2.44 bits per heavy atom. The summed E-state index contributed by atoms with van der Waals surface area (Å²) in [7, 11) is 0. The summed E-state index contributed by atoms with van der Waals surface area (Å²) < 4.78 is 5.39. The molecule has 3 heterocycles. The van der Waals surface area contributed by atoms with Gasteiger partial charge in [-0.3, -0.25) is 15.1 Å². The first-order valence-electron chi connectivity index (χ1n) is 4.97. The molecule has 1 aromatic rings. The van der Waals surface area contributed by atoms with Gasteiger partial charge in [-0.15, -0.1) is 11.3 Å². The smallest absolute Gasteiger partial charge is 0.292 e. The van der Waals surface area contributed by atoms with Gasteiger partial charge in [0.1, 0.15) is 6.10 Å². The summed E-state index contributed by atoms with van der Waals surface area (Å²) in [6.07, 6.45) is 0.0152. The minimum atomic E-state index is -0.102. The number of hydrogen-bond acceptors (Lipinski definition) is 5. The molecule has 0 spiro atoms. The van der Waals surface area contributed by atoms with Crippen LogP contribution in [0.15, 0.2) is 17.5 Å². The zero-order valence-electron chi connectivity index (χ0n) is 8.38. The number of amidine groups is 1. The Hall–Kier alpha value is -1.01. The first-order chi connectivity index (χ1) is 7.77. The van der Waals surface area contributed by atoms with E-state index < -0.39 is 0 Å². The van der Waals surface area contributed by atoms with Gasteiger partial charge in [0.15, 0.2) is 0 Å². The zero-order valence-corrected chi connectivity index (χ0v) is 10.0. The molecule has 1 aromatic heterocycles. The fourth-order valence-corrected chi connectivity index (χ4v) is 3.91. The topological polar surface area (TPSA) is 53.4 Å². The molecule has 2 aliphatic rings. The molecule has 2 aliphatic heterocycles. The molecule has 16 heavy (non-hydrogen) atoms. The molecular weight excluding hydrogens is 244 g/mol. The van der Waals surface area contributed by atoms with Crippen LogP contribution < -0.4 is 0 Å². The molecule has 84 valence electrons. The van der Waals surface area contributed by atoms with Crippen molar-refractivity contribution in [1.29, 1.82) is 5.41 Å². The minimum Gasteiger partial charge on any atom is -0.459 e.